The van der Waals surface area contributed by atoms with Gasteiger partial charge >= 0.3 is 10.2 Å². The van der Waals surface area contributed by atoms with E-state index < -0.39 is 10.2 Å². The summed E-state index contributed by atoms with van der Waals surface area (Å²) in [5, 5.41) is 0. The van der Waals surface area contributed by atoms with Crippen LogP contribution in [0.5, 0.6) is 0 Å². The van der Waals surface area contributed by atoms with Crippen LogP contribution in [0.15, 0.2) is 24.3 Å². The number of benzene rings is 1. The second-order valence-electron chi connectivity index (χ2n) is 6.35. The number of nitrogens with one attached hydrogen (secondary N) is 1. The molecular weight excluding hydrogens is 288 g/mol. The number of rotatable bonds is 3. The van der Waals surface area contributed by atoms with E-state index in [0.29, 0.717) is 30.5 Å². The third-order valence-electron chi connectivity index (χ3n) is 4.98. The minimum absolute atomic E-state index is 0.124. The first kappa shape index (κ1) is 13.1. The second-order valence-corrected chi connectivity index (χ2v) is 7.94. The summed E-state index contributed by atoms with van der Waals surface area (Å²) in [6.45, 7) is 0.401. The van der Waals surface area contributed by atoms with E-state index in [9.17, 15) is 13.2 Å². The Morgan fingerprint density at radius 3 is 2.62 bits per heavy atom. The number of carbonyl (C=O) groups is 1. The van der Waals surface area contributed by atoms with Crippen molar-refractivity contribution in [3.63, 3.8) is 0 Å². The molecule has 1 N–H and O–H groups in total. The number of anilines is 1. The topological polar surface area (TPSA) is 66.5 Å². The first-order valence-corrected chi connectivity index (χ1v) is 8.91. The lowest BCUT2D eigenvalue weighted by atomic mass is 10.0. The number of carbonyl (C=O) groups excluding carboxylic acids is 1. The van der Waals surface area contributed by atoms with Gasteiger partial charge < -0.3 is 0 Å². The zero-order valence-electron chi connectivity index (χ0n) is 11.7. The van der Waals surface area contributed by atoms with Gasteiger partial charge in [-0.2, -0.15) is 8.42 Å². The van der Waals surface area contributed by atoms with Gasteiger partial charge in [-0.25, -0.2) is 4.72 Å². The van der Waals surface area contributed by atoms with E-state index in [1.54, 1.807) is 6.07 Å². The highest BCUT2D eigenvalue weighted by molar-refractivity contribution is 7.91. The molecule has 21 heavy (non-hydrogen) atoms. The minimum atomic E-state index is -3.78. The first-order valence-electron chi connectivity index (χ1n) is 7.47. The Kier molecular flexibility index (Phi) is 2.79. The van der Waals surface area contributed by atoms with Crippen molar-refractivity contribution in [1.82, 2.24) is 4.72 Å². The van der Waals surface area contributed by atoms with E-state index in [4.69, 9.17) is 0 Å². The van der Waals surface area contributed by atoms with Gasteiger partial charge in [-0.1, -0.05) is 18.2 Å². The third kappa shape index (κ3) is 2.21. The monoisotopic (exact) mass is 306 g/mol. The quantitative estimate of drug-likeness (QED) is 0.919. The van der Waals surface area contributed by atoms with Gasteiger partial charge in [0.05, 0.1) is 5.69 Å². The summed E-state index contributed by atoms with van der Waals surface area (Å²) < 4.78 is 28.5. The molecule has 1 aliphatic heterocycles. The molecule has 2 unspecified atom stereocenters. The Balaban J connectivity index is 1.50. The molecule has 0 bridgehead atoms. The van der Waals surface area contributed by atoms with Crippen molar-refractivity contribution in [2.24, 2.45) is 17.8 Å². The van der Waals surface area contributed by atoms with Gasteiger partial charge in [0.2, 0.25) is 5.91 Å². The third-order valence-corrected chi connectivity index (χ3v) is 6.40. The predicted octanol–water partition coefficient (Wildman–Crippen LogP) is 1.46. The molecule has 0 spiro atoms. The van der Waals surface area contributed by atoms with E-state index in [0.717, 1.165) is 18.4 Å². The molecule has 1 amide bonds. The molecular formula is C15H18N2O3S. The summed E-state index contributed by atoms with van der Waals surface area (Å²) in [7, 11) is -3.78. The highest BCUT2D eigenvalue weighted by Crippen LogP contribution is 2.54. The maximum absolute atomic E-state index is 12.4. The van der Waals surface area contributed by atoms with Crippen LogP contribution >= 0.6 is 0 Å². The van der Waals surface area contributed by atoms with Crippen molar-refractivity contribution in [3.05, 3.63) is 29.8 Å². The molecule has 112 valence electrons. The van der Waals surface area contributed by atoms with E-state index >= 15 is 0 Å². The Bertz CT molecular complexity index is 691. The zero-order valence-corrected chi connectivity index (χ0v) is 12.5. The largest absolute Gasteiger partial charge is 0.326 e. The smallest absolute Gasteiger partial charge is 0.274 e. The van der Waals surface area contributed by atoms with Gasteiger partial charge in [0.15, 0.2) is 0 Å². The lowest BCUT2D eigenvalue weighted by Gasteiger charge is -2.21. The molecule has 0 aromatic heterocycles. The SMILES string of the molecule is O=C(NS(=O)(=O)N1CCc2ccccc21)C1CC2CC2C1. The summed E-state index contributed by atoms with van der Waals surface area (Å²) in [5.74, 6) is 0.875. The van der Waals surface area contributed by atoms with Gasteiger partial charge in [-0.05, 0) is 49.1 Å². The Labute approximate surface area is 124 Å². The molecule has 0 radical (unpaired) electrons. The average molecular weight is 306 g/mol. The molecule has 2 aliphatic carbocycles. The summed E-state index contributed by atoms with van der Waals surface area (Å²) in [6, 6.07) is 7.44. The van der Waals surface area contributed by atoms with E-state index in [2.05, 4.69) is 4.72 Å². The van der Waals surface area contributed by atoms with Gasteiger partial charge in [0, 0.05) is 12.5 Å². The Morgan fingerprint density at radius 2 is 1.86 bits per heavy atom. The van der Waals surface area contributed by atoms with Gasteiger partial charge in [0.1, 0.15) is 0 Å². The zero-order chi connectivity index (χ0) is 14.6. The van der Waals surface area contributed by atoms with Crippen LogP contribution in [0.1, 0.15) is 24.8 Å². The molecule has 2 fully saturated rings. The predicted molar refractivity (Wildman–Crippen MR) is 78.9 cm³/mol. The highest BCUT2D eigenvalue weighted by atomic mass is 32.2. The van der Waals surface area contributed by atoms with Crippen LogP contribution in [0, 0.1) is 17.8 Å². The van der Waals surface area contributed by atoms with Crippen molar-refractivity contribution in [1.29, 1.82) is 0 Å². The highest BCUT2D eigenvalue weighted by Gasteiger charge is 2.48. The molecule has 2 saturated carbocycles. The van der Waals surface area contributed by atoms with Crippen LogP contribution < -0.4 is 9.03 Å². The maximum Gasteiger partial charge on any atom is 0.326 e. The van der Waals surface area contributed by atoms with Gasteiger partial charge in [-0.15, -0.1) is 0 Å². The maximum atomic E-state index is 12.4. The van der Waals surface area contributed by atoms with Crippen LogP contribution in [-0.2, 0) is 21.4 Å². The molecule has 2 atom stereocenters. The minimum Gasteiger partial charge on any atom is -0.274 e. The lowest BCUT2D eigenvalue weighted by molar-refractivity contribution is -0.123. The Morgan fingerprint density at radius 1 is 1.14 bits per heavy atom. The van der Waals surface area contributed by atoms with Crippen molar-refractivity contribution in [2.75, 3.05) is 10.8 Å². The number of hydrogen-bond acceptors (Lipinski definition) is 3. The van der Waals surface area contributed by atoms with Gasteiger partial charge in [-0.3, -0.25) is 9.10 Å². The standard InChI is InChI=1S/C15H18N2O3S/c18-15(13-8-11-7-12(11)9-13)16-21(19,20)17-6-5-10-3-1-2-4-14(10)17/h1-4,11-13H,5-9H2,(H,16,18). The lowest BCUT2D eigenvalue weighted by Crippen LogP contribution is -2.44. The molecule has 1 aromatic rings. The fourth-order valence-corrected chi connectivity index (χ4v) is 5.05. The van der Waals surface area contributed by atoms with Gasteiger partial charge in [0.25, 0.3) is 0 Å². The number of hydrogen-bond donors (Lipinski definition) is 1. The van der Waals surface area contributed by atoms with Crippen molar-refractivity contribution < 1.29 is 13.2 Å². The van der Waals surface area contributed by atoms with Crippen LogP contribution in [0.25, 0.3) is 0 Å². The molecule has 0 saturated heterocycles. The van der Waals surface area contributed by atoms with Crippen molar-refractivity contribution in [3.8, 4) is 0 Å². The second kappa shape index (κ2) is 4.47. The molecule has 1 heterocycles. The molecule has 3 aliphatic rings. The van der Waals surface area contributed by atoms with Crippen LogP contribution in [0.2, 0.25) is 0 Å². The molecule has 1 aromatic carbocycles. The fraction of sp³-hybridized carbons (Fsp3) is 0.533. The normalized spacial score (nSPS) is 29.9. The number of nitrogens with zero attached hydrogens (tertiary/aromatic N) is 1. The summed E-state index contributed by atoms with van der Waals surface area (Å²) in [4.78, 5) is 12.2. The fourth-order valence-electron chi connectivity index (χ4n) is 3.75. The van der Waals surface area contributed by atoms with Crippen LogP contribution in [0.4, 0.5) is 5.69 Å². The molecule has 5 nitrogen and oxygen atoms in total. The first-order chi connectivity index (χ1) is 10.0. The number of fused-ring (bicyclic) bond motifs is 2. The van der Waals surface area contributed by atoms with Crippen molar-refractivity contribution in [2.45, 2.75) is 25.7 Å². The molecule has 4 rings (SSSR count). The number of para-hydroxylation sites is 1. The Hall–Kier alpha value is -1.56. The molecule has 6 heteroatoms. The summed E-state index contributed by atoms with van der Waals surface area (Å²) in [5.41, 5.74) is 1.70. The van der Waals surface area contributed by atoms with E-state index in [-0.39, 0.29) is 11.8 Å². The van der Waals surface area contributed by atoms with Crippen LogP contribution in [-0.4, -0.2) is 20.9 Å². The van der Waals surface area contributed by atoms with Crippen LogP contribution in [0.3, 0.4) is 0 Å². The van der Waals surface area contributed by atoms with E-state index in [1.165, 1.54) is 10.7 Å². The summed E-state index contributed by atoms with van der Waals surface area (Å²) in [6.07, 6.45) is 3.61. The number of amides is 1. The van der Waals surface area contributed by atoms with Crippen molar-refractivity contribution >= 4 is 21.8 Å². The average Bonchev–Trinajstić information content (AvgIpc) is 2.90. The summed E-state index contributed by atoms with van der Waals surface area (Å²) >= 11 is 0. The van der Waals surface area contributed by atoms with E-state index in [1.807, 2.05) is 18.2 Å².